The molecule has 1 fully saturated rings. The van der Waals surface area contributed by atoms with Crippen LogP contribution < -0.4 is 5.73 Å². The molecule has 4 heteroatoms. The van der Waals surface area contributed by atoms with Crippen molar-refractivity contribution in [3.05, 3.63) is 23.9 Å². The largest absolute Gasteiger partial charge is 0.364 e. The maximum Gasteiger partial charge on any atom is 0.209 e. The van der Waals surface area contributed by atoms with Gasteiger partial charge in [-0.15, -0.1) is 0 Å². The first-order valence-electron chi connectivity index (χ1n) is 5.88. The summed E-state index contributed by atoms with van der Waals surface area (Å²) in [5, 5.41) is 0. The average molecular weight is 221 g/mol. The quantitative estimate of drug-likeness (QED) is 0.698. The molecular weight excluding hydrogens is 202 g/mol. The summed E-state index contributed by atoms with van der Waals surface area (Å²) < 4.78 is 0. The first kappa shape index (κ1) is 11.2. The first-order valence-corrected chi connectivity index (χ1v) is 5.88. The summed E-state index contributed by atoms with van der Waals surface area (Å²) in [7, 11) is 0. The minimum Gasteiger partial charge on any atom is -0.364 e. The molecule has 1 amide bonds. The Hall–Kier alpha value is -1.29. The number of nitrogens with zero attached hydrogens (tertiary/aromatic N) is 2. The van der Waals surface area contributed by atoms with Crippen LogP contribution in [0.2, 0.25) is 0 Å². The third kappa shape index (κ3) is 2.27. The Balaban J connectivity index is 2.06. The molecule has 0 radical (unpaired) electrons. The van der Waals surface area contributed by atoms with Crippen molar-refractivity contribution < 1.29 is 4.79 Å². The van der Waals surface area contributed by atoms with Crippen molar-refractivity contribution >= 4 is 6.41 Å². The number of rotatable bonds is 3. The number of allylic oxidation sites excluding steroid dienone is 3. The van der Waals surface area contributed by atoms with Gasteiger partial charge in [-0.1, -0.05) is 12.2 Å². The van der Waals surface area contributed by atoms with E-state index in [1.54, 1.807) is 4.90 Å². The lowest BCUT2D eigenvalue weighted by atomic mass is 10.1. The van der Waals surface area contributed by atoms with Crippen LogP contribution in [0.3, 0.4) is 0 Å². The van der Waals surface area contributed by atoms with Gasteiger partial charge >= 0.3 is 0 Å². The van der Waals surface area contributed by atoms with Crippen molar-refractivity contribution in [2.75, 3.05) is 26.2 Å². The van der Waals surface area contributed by atoms with Gasteiger partial charge in [0.1, 0.15) is 0 Å². The fourth-order valence-electron chi connectivity index (χ4n) is 2.33. The minimum absolute atomic E-state index is 0.257. The SMILES string of the molecule is NCC1CN(C=O)CCN1C1=CCCC=C1. The molecule has 2 N–H and O–H groups in total. The van der Waals surface area contributed by atoms with Gasteiger partial charge in [-0.05, 0) is 18.9 Å². The number of carbonyl (C=O) groups is 1. The van der Waals surface area contributed by atoms with Gasteiger partial charge in [-0.3, -0.25) is 4.79 Å². The summed E-state index contributed by atoms with van der Waals surface area (Å²) in [5.74, 6) is 0. The number of amides is 1. The van der Waals surface area contributed by atoms with E-state index in [4.69, 9.17) is 5.73 Å². The van der Waals surface area contributed by atoms with Gasteiger partial charge in [0.15, 0.2) is 0 Å². The lowest BCUT2D eigenvalue weighted by Gasteiger charge is -2.42. The molecule has 0 bridgehead atoms. The van der Waals surface area contributed by atoms with E-state index in [9.17, 15) is 4.79 Å². The van der Waals surface area contributed by atoms with E-state index >= 15 is 0 Å². The third-order valence-electron chi connectivity index (χ3n) is 3.24. The molecule has 1 heterocycles. The van der Waals surface area contributed by atoms with Crippen LogP contribution in [0.4, 0.5) is 0 Å². The molecule has 2 aliphatic rings. The highest BCUT2D eigenvalue weighted by Gasteiger charge is 2.26. The van der Waals surface area contributed by atoms with Crippen LogP contribution in [0.25, 0.3) is 0 Å². The Kier molecular flexibility index (Phi) is 3.62. The second-order valence-corrected chi connectivity index (χ2v) is 4.29. The minimum atomic E-state index is 0.257. The normalized spacial score (nSPS) is 25.6. The van der Waals surface area contributed by atoms with Crippen molar-refractivity contribution in [1.29, 1.82) is 0 Å². The molecule has 0 aromatic carbocycles. The van der Waals surface area contributed by atoms with E-state index in [0.717, 1.165) is 38.9 Å². The first-order chi connectivity index (χ1) is 7.85. The van der Waals surface area contributed by atoms with Crippen LogP contribution in [0.5, 0.6) is 0 Å². The smallest absolute Gasteiger partial charge is 0.209 e. The van der Waals surface area contributed by atoms with Crippen molar-refractivity contribution in [1.82, 2.24) is 9.80 Å². The van der Waals surface area contributed by atoms with Gasteiger partial charge < -0.3 is 15.5 Å². The van der Waals surface area contributed by atoms with Gasteiger partial charge in [0, 0.05) is 31.9 Å². The second-order valence-electron chi connectivity index (χ2n) is 4.29. The molecule has 1 atom stereocenters. The highest BCUT2D eigenvalue weighted by atomic mass is 16.1. The zero-order chi connectivity index (χ0) is 11.4. The van der Waals surface area contributed by atoms with E-state index in [-0.39, 0.29) is 6.04 Å². The highest BCUT2D eigenvalue weighted by Crippen LogP contribution is 2.19. The maximum absolute atomic E-state index is 10.7. The van der Waals surface area contributed by atoms with Crippen LogP contribution in [0.1, 0.15) is 12.8 Å². The summed E-state index contributed by atoms with van der Waals surface area (Å²) in [6, 6.07) is 0.257. The maximum atomic E-state index is 10.7. The average Bonchev–Trinajstić information content (AvgIpc) is 2.39. The molecule has 1 saturated heterocycles. The fraction of sp³-hybridized carbons (Fsp3) is 0.583. The summed E-state index contributed by atoms with van der Waals surface area (Å²) in [4.78, 5) is 14.9. The molecule has 2 rings (SSSR count). The molecule has 1 aliphatic heterocycles. The zero-order valence-corrected chi connectivity index (χ0v) is 9.51. The Morgan fingerprint density at radius 1 is 1.44 bits per heavy atom. The van der Waals surface area contributed by atoms with Crippen LogP contribution in [0.15, 0.2) is 23.9 Å². The molecule has 1 unspecified atom stereocenters. The Labute approximate surface area is 96.4 Å². The number of hydrogen-bond donors (Lipinski definition) is 1. The Morgan fingerprint density at radius 2 is 2.31 bits per heavy atom. The van der Waals surface area contributed by atoms with Gasteiger partial charge in [0.05, 0.1) is 6.04 Å². The number of nitrogens with two attached hydrogens (primary N) is 1. The molecule has 0 aromatic heterocycles. The fourth-order valence-corrected chi connectivity index (χ4v) is 2.33. The molecule has 1 aliphatic carbocycles. The van der Waals surface area contributed by atoms with Crippen LogP contribution >= 0.6 is 0 Å². The highest BCUT2D eigenvalue weighted by molar-refractivity contribution is 5.47. The number of piperazine rings is 1. The van der Waals surface area contributed by atoms with Crippen LogP contribution in [-0.4, -0.2) is 48.4 Å². The van der Waals surface area contributed by atoms with Crippen molar-refractivity contribution in [2.45, 2.75) is 18.9 Å². The van der Waals surface area contributed by atoms with Crippen molar-refractivity contribution in [2.24, 2.45) is 5.73 Å². The zero-order valence-electron chi connectivity index (χ0n) is 9.51. The lowest BCUT2D eigenvalue weighted by Crippen LogP contribution is -2.54. The van der Waals surface area contributed by atoms with E-state index in [0.29, 0.717) is 6.54 Å². The number of carbonyl (C=O) groups excluding carboxylic acids is 1. The number of hydrogen-bond acceptors (Lipinski definition) is 3. The van der Waals surface area contributed by atoms with Crippen LogP contribution in [0, 0.1) is 0 Å². The molecular formula is C12H19N3O. The standard InChI is InChI=1S/C12H19N3O/c13-8-12-9-14(10-16)6-7-15(12)11-4-2-1-3-5-11/h2,4-5,10,12H,1,3,6-9,13H2. The molecule has 88 valence electrons. The monoisotopic (exact) mass is 221 g/mol. The van der Waals surface area contributed by atoms with Gasteiger partial charge in [-0.25, -0.2) is 0 Å². The van der Waals surface area contributed by atoms with E-state index in [1.807, 2.05) is 0 Å². The molecule has 0 saturated carbocycles. The third-order valence-corrected chi connectivity index (χ3v) is 3.24. The van der Waals surface area contributed by atoms with Crippen molar-refractivity contribution in [3.63, 3.8) is 0 Å². The van der Waals surface area contributed by atoms with E-state index < -0.39 is 0 Å². The van der Waals surface area contributed by atoms with E-state index in [1.165, 1.54) is 5.70 Å². The van der Waals surface area contributed by atoms with Gasteiger partial charge in [0.2, 0.25) is 6.41 Å². The summed E-state index contributed by atoms with van der Waals surface area (Å²) in [5.41, 5.74) is 7.05. The molecule has 0 spiro atoms. The predicted octanol–water partition coefficient (Wildman–Crippen LogP) is 0.322. The predicted molar refractivity (Wildman–Crippen MR) is 63.6 cm³/mol. The summed E-state index contributed by atoms with van der Waals surface area (Å²) >= 11 is 0. The van der Waals surface area contributed by atoms with Crippen molar-refractivity contribution in [3.8, 4) is 0 Å². The Morgan fingerprint density at radius 3 is 2.94 bits per heavy atom. The molecule has 16 heavy (non-hydrogen) atoms. The van der Waals surface area contributed by atoms with Crippen LogP contribution in [-0.2, 0) is 4.79 Å². The second kappa shape index (κ2) is 5.16. The Bertz CT molecular complexity index is 311. The summed E-state index contributed by atoms with van der Waals surface area (Å²) in [6.45, 7) is 3.02. The lowest BCUT2D eigenvalue weighted by molar-refractivity contribution is -0.120. The molecule has 4 nitrogen and oxygen atoms in total. The molecule has 0 aromatic rings. The van der Waals surface area contributed by atoms with E-state index in [2.05, 4.69) is 23.1 Å². The van der Waals surface area contributed by atoms with Gasteiger partial charge in [0.25, 0.3) is 0 Å². The summed E-state index contributed by atoms with van der Waals surface area (Å²) in [6.07, 6.45) is 9.80. The van der Waals surface area contributed by atoms with Gasteiger partial charge in [-0.2, -0.15) is 0 Å². The topological polar surface area (TPSA) is 49.6 Å².